The highest BCUT2D eigenvalue weighted by molar-refractivity contribution is 5.74. The van der Waals surface area contributed by atoms with Crippen molar-refractivity contribution in [2.24, 2.45) is 5.73 Å². The van der Waals surface area contributed by atoms with Crippen molar-refractivity contribution in [1.29, 1.82) is 0 Å². The van der Waals surface area contributed by atoms with E-state index in [1.165, 1.54) is 0 Å². The molecule has 8 N–H and O–H groups in total. The van der Waals surface area contributed by atoms with E-state index in [-0.39, 0.29) is 18.5 Å². The van der Waals surface area contributed by atoms with Gasteiger partial charge in [0.25, 0.3) is 5.56 Å². The highest BCUT2D eigenvalue weighted by Crippen LogP contribution is 1.93. The van der Waals surface area contributed by atoms with Crippen molar-refractivity contribution in [3.8, 4) is 0 Å². The number of rotatable bonds is 4. The zero-order valence-corrected chi connectivity index (χ0v) is 9.75. The topological polar surface area (TPSA) is 192 Å². The number of carbonyl (C=O) groups is 2. The Kier molecular flexibility index (Phi) is 6.60. The predicted molar refractivity (Wildman–Crippen MR) is 64.6 cm³/mol. The van der Waals surface area contributed by atoms with Crippen LogP contribution in [0, 0.1) is 0 Å². The van der Waals surface area contributed by atoms with Crippen LogP contribution in [0.1, 0.15) is 12.8 Å². The summed E-state index contributed by atoms with van der Waals surface area (Å²) < 4.78 is 0. The summed E-state index contributed by atoms with van der Waals surface area (Å²) >= 11 is 0. The maximum atomic E-state index is 10.4. The van der Waals surface area contributed by atoms with Crippen molar-refractivity contribution in [1.82, 2.24) is 9.97 Å². The quantitative estimate of drug-likeness (QED) is 0.359. The van der Waals surface area contributed by atoms with Gasteiger partial charge in [-0.15, -0.1) is 0 Å². The normalized spacial score (nSPS) is 11.0. The molecule has 10 nitrogen and oxygen atoms in total. The summed E-state index contributed by atoms with van der Waals surface area (Å²) in [7, 11) is 0. The third-order valence-electron chi connectivity index (χ3n) is 1.83. The Bertz CT molecular complexity index is 548. The van der Waals surface area contributed by atoms with Gasteiger partial charge in [0.05, 0.1) is 0 Å². The molecule has 0 aromatic carbocycles. The lowest BCUT2D eigenvalue weighted by atomic mass is 10.2. The molecule has 19 heavy (non-hydrogen) atoms. The molecule has 0 aliphatic heterocycles. The monoisotopic (exact) mass is 274 g/mol. The van der Waals surface area contributed by atoms with Gasteiger partial charge in [-0.2, -0.15) is 0 Å². The van der Waals surface area contributed by atoms with Crippen LogP contribution in [0.5, 0.6) is 0 Å². The molecule has 0 saturated heterocycles. The van der Waals surface area contributed by atoms with Gasteiger partial charge < -0.3 is 26.7 Å². The Morgan fingerprint density at radius 2 is 1.89 bits per heavy atom. The third kappa shape index (κ3) is 7.33. The molecule has 0 radical (unpaired) electrons. The second-order valence-electron chi connectivity index (χ2n) is 3.40. The molecule has 1 heterocycles. The molecule has 0 saturated carbocycles. The van der Waals surface area contributed by atoms with Crippen molar-refractivity contribution in [3.05, 3.63) is 27.0 Å². The first-order chi connectivity index (χ1) is 8.73. The molecule has 0 fully saturated rings. The zero-order valence-electron chi connectivity index (χ0n) is 9.75. The van der Waals surface area contributed by atoms with Gasteiger partial charge in [0.2, 0.25) is 0 Å². The SMILES string of the molecule is N[C@@H](CCC(=O)O)C(=O)O.Nc1c[nH]c(=O)[nH]c1=O. The van der Waals surface area contributed by atoms with Crippen molar-refractivity contribution in [2.75, 3.05) is 5.73 Å². The van der Waals surface area contributed by atoms with E-state index in [1.54, 1.807) is 0 Å². The van der Waals surface area contributed by atoms with E-state index in [1.807, 2.05) is 4.98 Å². The van der Waals surface area contributed by atoms with Gasteiger partial charge in [-0.1, -0.05) is 0 Å². The number of aromatic nitrogens is 2. The number of carboxylic acids is 2. The minimum Gasteiger partial charge on any atom is -0.481 e. The van der Waals surface area contributed by atoms with Crippen LogP contribution in [-0.2, 0) is 9.59 Å². The van der Waals surface area contributed by atoms with Gasteiger partial charge in [0.1, 0.15) is 11.7 Å². The molecule has 0 amide bonds. The number of aromatic amines is 2. The highest BCUT2D eigenvalue weighted by Gasteiger charge is 2.12. The Morgan fingerprint density at radius 1 is 1.32 bits per heavy atom. The second kappa shape index (κ2) is 7.66. The minimum atomic E-state index is -1.17. The Labute approximate surface area is 106 Å². The van der Waals surface area contributed by atoms with Crippen LogP contribution in [0.15, 0.2) is 15.8 Å². The lowest BCUT2D eigenvalue weighted by Gasteiger charge is -2.01. The van der Waals surface area contributed by atoms with E-state index in [4.69, 9.17) is 21.7 Å². The maximum Gasteiger partial charge on any atom is 0.325 e. The van der Waals surface area contributed by atoms with Crippen LogP contribution in [0.25, 0.3) is 0 Å². The summed E-state index contributed by atoms with van der Waals surface area (Å²) in [4.78, 5) is 44.7. The molecule has 106 valence electrons. The smallest absolute Gasteiger partial charge is 0.325 e. The van der Waals surface area contributed by atoms with E-state index < -0.39 is 29.2 Å². The first kappa shape index (κ1) is 16.4. The zero-order chi connectivity index (χ0) is 15.0. The van der Waals surface area contributed by atoms with Crippen LogP contribution in [0.4, 0.5) is 5.69 Å². The van der Waals surface area contributed by atoms with Gasteiger partial charge >= 0.3 is 17.6 Å². The minimum absolute atomic E-state index is 0.00889. The van der Waals surface area contributed by atoms with Crippen molar-refractivity contribution >= 4 is 17.6 Å². The molecule has 0 unspecified atom stereocenters. The number of hydrogen-bond donors (Lipinski definition) is 6. The number of hydrogen-bond acceptors (Lipinski definition) is 6. The molecule has 1 rings (SSSR count). The van der Waals surface area contributed by atoms with Crippen molar-refractivity contribution in [2.45, 2.75) is 18.9 Å². The molecule has 1 aromatic rings. The second-order valence-corrected chi connectivity index (χ2v) is 3.40. The number of nitrogens with one attached hydrogen (secondary N) is 2. The van der Waals surface area contributed by atoms with E-state index in [2.05, 4.69) is 4.98 Å². The molecule has 0 bridgehead atoms. The number of aliphatic carboxylic acids is 2. The molecular formula is C9H14N4O6. The van der Waals surface area contributed by atoms with Gasteiger partial charge in [-0.3, -0.25) is 19.4 Å². The predicted octanol–water partition coefficient (Wildman–Crippen LogP) is -2.09. The van der Waals surface area contributed by atoms with E-state index in [9.17, 15) is 19.2 Å². The highest BCUT2D eigenvalue weighted by atomic mass is 16.4. The average Bonchev–Trinajstić information content (AvgIpc) is 2.31. The number of nitrogen functional groups attached to an aromatic ring is 1. The van der Waals surface area contributed by atoms with Crippen LogP contribution in [0.2, 0.25) is 0 Å². The Morgan fingerprint density at radius 3 is 2.26 bits per heavy atom. The molecule has 0 aliphatic rings. The van der Waals surface area contributed by atoms with E-state index >= 15 is 0 Å². The summed E-state index contributed by atoms with van der Waals surface area (Å²) in [6.45, 7) is 0. The fourth-order valence-electron chi connectivity index (χ4n) is 0.823. The van der Waals surface area contributed by atoms with Crippen LogP contribution in [-0.4, -0.2) is 38.2 Å². The van der Waals surface area contributed by atoms with Crippen LogP contribution in [0.3, 0.4) is 0 Å². The van der Waals surface area contributed by atoms with Gasteiger partial charge in [-0.05, 0) is 6.42 Å². The molecule has 0 aliphatic carbocycles. The average molecular weight is 274 g/mol. The molecule has 1 atom stereocenters. The number of carboxylic acid groups (broad SMARTS) is 2. The number of anilines is 1. The molecule has 1 aromatic heterocycles. The summed E-state index contributed by atoms with van der Waals surface area (Å²) in [5.41, 5.74) is 8.98. The summed E-state index contributed by atoms with van der Waals surface area (Å²) in [5.74, 6) is -2.20. The van der Waals surface area contributed by atoms with Gasteiger partial charge in [-0.25, -0.2) is 4.79 Å². The van der Waals surface area contributed by atoms with E-state index in [0.29, 0.717) is 0 Å². The molecule has 10 heteroatoms. The van der Waals surface area contributed by atoms with Crippen molar-refractivity contribution < 1.29 is 19.8 Å². The Balaban J connectivity index is 0.000000342. The fourth-order valence-corrected chi connectivity index (χ4v) is 0.823. The summed E-state index contributed by atoms with van der Waals surface area (Å²) in [5, 5.41) is 16.3. The summed E-state index contributed by atoms with van der Waals surface area (Å²) in [6.07, 6.45) is 0.930. The molecule has 0 spiro atoms. The summed E-state index contributed by atoms with van der Waals surface area (Å²) in [6, 6.07) is -1.06. The fraction of sp³-hybridized carbons (Fsp3) is 0.333. The Hall–Kier alpha value is -2.62. The standard InChI is InChI=1S/C5H9NO4.C4H5N3O2/c6-3(5(9)10)1-2-4(7)8;5-2-1-6-4(9)7-3(2)8/h3H,1-2,6H2,(H,7,8)(H,9,10);1H,5H2,(H2,6,7,8,9)/t3-;/m0./s1. The van der Waals surface area contributed by atoms with Gasteiger partial charge in [0, 0.05) is 12.6 Å². The third-order valence-corrected chi connectivity index (χ3v) is 1.83. The van der Waals surface area contributed by atoms with Crippen LogP contribution < -0.4 is 22.7 Å². The number of nitrogens with two attached hydrogens (primary N) is 2. The first-order valence-corrected chi connectivity index (χ1v) is 5.01. The molecular weight excluding hydrogens is 260 g/mol. The number of H-pyrrole nitrogens is 2. The van der Waals surface area contributed by atoms with E-state index in [0.717, 1.165) is 6.20 Å². The maximum absolute atomic E-state index is 10.4. The van der Waals surface area contributed by atoms with Crippen molar-refractivity contribution in [3.63, 3.8) is 0 Å². The van der Waals surface area contributed by atoms with Gasteiger partial charge in [0.15, 0.2) is 0 Å². The largest absolute Gasteiger partial charge is 0.481 e. The van der Waals surface area contributed by atoms with Crippen LogP contribution >= 0.6 is 0 Å². The lowest BCUT2D eigenvalue weighted by Crippen LogP contribution is -2.30. The first-order valence-electron chi connectivity index (χ1n) is 5.01. The lowest BCUT2D eigenvalue weighted by molar-refractivity contribution is -0.139.